The average Bonchev–Trinajstić information content (AvgIpc) is 2.52. The minimum absolute atomic E-state index is 0.157. The maximum absolute atomic E-state index is 9.61. The molecule has 0 aliphatic heterocycles. The lowest BCUT2D eigenvalue weighted by Gasteiger charge is -2.05. The molecule has 1 rings (SSSR count). The summed E-state index contributed by atoms with van der Waals surface area (Å²) in [4.78, 5) is 0. The minimum Gasteiger partial charge on any atom is -0.507 e. The van der Waals surface area contributed by atoms with Crippen LogP contribution in [0.4, 0.5) is 0 Å². The quantitative estimate of drug-likeness (QED) is 0.226. The molecule has 0 fully saturated rings. The lowest BCUT2D eigenvalue weighted by Crippen LogP contribution is -1.90. The first-order valence-electron chi connectivity index (χ1n) is 8.77. The molecule has 0 saturated heterocycles. The van der Waals surface area contributed by atoms with E-state index in [0.717, 1.165) is 6.42 Å². The fraction of sp³-hybridized carbons (Fsp3) is 0.632. The summed E-state index contributed by atoms with van der Waals surface area (Å²) < 4.78 is 0. The molecule has 0 aliphatic carbocycles. The number of hydrogen-bond acceptors (Lipinski definition) is 3. The van der Waals surface area contributed by atoms with Gasteiger partial charge in [-0.1, -0.05) is 75.9 Å². The molecular weight excluding hydrogens is 274 g/mol. The Kier molecular flexibility index (Phi) is 10.2. The second kappa shape index (κ2) is 12.1. The third kappa shape index (κ3) is 8.06. The van der Waals surface area contributed by atoms with E-state index in [-0.39, 0.29) is 5.75 Å². The summed E-state index contributed by atoms with van der Waals surface area (Å²) in [5, 5.41) is 21.1. The van der Waals surface area contributed by atoms with Crippen molar-refractivity contribution >= 4 is 6.21 Å². The first kappa shape index (κ1) is 18.5. The summed E-state index contributed by atoms with van der Waals surface area (Å²) in [5.74, 6) is 0.157. The monoisotopic (exact) mass is 305 g/mol. The van der Waals surface area contributed by atoms with E-state index in [1.165, 1.54) is 76.0 Å². The van der Waals surface area contributed by atoms with Crippen LogP contribution in [0.1, 0.15) is 82.3 Å². The Morgan fingerprint density at radius 1 is 0.909 bits per heavy atom. The van der Waals surface area contributed by atoms with Crippen molar-refractivity contribution < 1.29 is 10.3 Å². The smallest absolute Gasteiger partial charge is 0.124 e. The molecule has 1 aromatic carbocycles. The Labute approximate surface area is 135 Å². The molecule has 0 heterocycles. The zero-order chi connectivity index (χ0) is 16.0. The first-order valence-corrected chi connectivity index (χ1v) is 8.77. The fourth-order valence-corrected chi connectivity index (χ4v) is 2.74. The van der Waals surface area contributed by atoms with Gasteiger partial charge in [-0.05, 0) is 30.5 Å². The van der Waals surface area contributed by atoms with E-state index in [2.05, 4.69) is 12.1 Å². The summed E-state index contributed by atoms with van der Waals surface area (Å²) in [6.07, 6.45) is 15.7. The van der Waals surface area contributed by atoms with Crippen molar-refractivity contribution in [3.8, 4) is 5.75 Å². The van der Waals surface area contributed by atoms with E-state index in [0.29, 0.717) is 5.56 Å². The van der Waals surface area contributed by atoms with Crippen molar-refractivity contribution in [2.45, 2.75) is 77.6 Å². The van der Waals surface area contributed by atoms with Crippen LogP contribution in [-0.4, -0.2) is 16.5 Å². The third-order valence-electron chi connectivity index (χ3n) is 4.11. The van der Waals surface area contributed by atoms with E-state index in [1.54, 1.807) is 6.07 Å². The van der Waals surface area contributed by atoms with Crippen LogP contribution in [0, 0.1) is 0 Å². The number of aryl methyl sites for hydroxylation is 1. The predicted octanol–water partition coefficient (Wildman–Crippen LogP) is 5.66. The molecule has 0 spiro atoms. The first-order chi connectivity index (χ1) is 10.8. The molecule has 0 saturated carbocycles. The van der Waals surface area contributed by atoms with Gasteiger partial charge in [0.1, 0.15) is 5.75 Å². The van der Waals surface area contributed by atoms with Crippen LogP contribution in [0.15, 0.2) is 23.4 Å². The molecule has 124 valence electrons. The largest absolute Gasteiger partial charge is 0.507 e. The number of phenols is 1. The van der Waals surface area contributed by atoms with Crippen molar-refractivity contribution in [1.29, 1.82) is 0 Å². The average molecular weight is 305 g/mol. The van der Waals surface area contributed by atoms with Gasteiger partial charge in [-0.3, -0.25) is 0 Å². The number of unbranched alkanes of at least 4 members (excludes halogenated alkanes) is 9. The summed E-state index contributed by atoms with van der Waals surface area (Å²) in [5.41, 5.74) is 1.76. The Morgan fingerprint density at radius 3 is 2.09 bits per heavy atom. The summed E-state index contributed by atoms with van der Waals surface area (Å²) in [7, 11) is 0. The number of hydrogen-bond donors (Lipinski definition) is 2. The SMILES string of the molecule is CCCCCCCCCCCCc1ccc(O)c(C=NO)c1. The molecule has 2 N–H and O–H groups in total. The number of aromatic hydroxyl groups is 1. The van der Waals surface area contributed by atoms with Gasteiger partial charge in [-0.25, -0.2) is 0 Å². The zero-order valence-electron chi connectivity index (χ0n) is 13.9. The number of nitrogens with zero attached hydrogens (tertiary/aromatic N) is 1. The van der Waals surface area contributed by atoms with Crippen molar-refractivity contribution in [3.63, 3.8) is 0 Å². The second-order valence-electron chi connectivity index (χ2n) is 6.07. The molecule has 0 aromatic heterocycles. The van der Waals surface area contributed by atoms with E-state index >= 15 is 0 Å². The fourth-order valence-electron chi connectivity index (χ4n) is 2.74. The van der Waals surface area contributed by atoms with Crippen LogP contribution in [0.2, 0.25) is 0 Å². The van der Waals surface area contributed by atoms with Gasteiger partial charge in [0.25, 0.3) is 0 Å². The molecule has 0 bridgehead atoms. The van der Waals surface area contributed by atoms with Crippen LogP contribution < -0.4 is 0 Å². The minimum atomic E-state index is 0.157. The normalized spacial score (nSPS) is 11.3. The molecule has 22 heavy (non-hydrogen) atoms. The number of phenolic OH excluding ortho intramolecular Hbond substituents is 1. The van der Waals surface area contributed by atoms with Gasteiger partial charge in [0.15, 0.2) is 0 Å². The van der Waals surface area contributed by atoms with Gasteiger partial charge in [-0.15, -0.1) is 0 Å². The highest BCUT2D eigenvalue weighted by atomic mass is 16.4. The van der Waals surface area contributed by atoms with Gasteiger partial charge in [-0.2, -0.15) is 0 Å². The van der Waals surface area contributed by atoms with Gasteiger partial charge < -0.3 is 10.3 Å². The maximum Gasteiger partial charge on any atom is 0.124 e. The zero-order valence-corrected chi connectivity index (χ0v) is 13.9. The lowest BCUT2D eigenvalue weighted by atomic mass is 10.0. The van der Waals surface area contributed by atoms with Crippen molar-refractivity contribution in [1.82, 2.24) is 0 Å². The predicted molar refractivity (Wildman–Crippen MR) is 93.0 cm³/mol. The van der Waals surface area contributed by atoms with Crippen molar-refractivity contribution in [3.05, 3.63) is 29.3 Å². The lowest BCUT2D eigenvalue weighted by molar-refractivity contribution is 0.321. The second-order valence-corrected chi connectivity index (χ2v) is 6.07. The van der Waals surface area contributed by atoms with Crippen LogP contribution >= 0.6 is 0 Å². The molecule has 1 aromatic rings. The van der Waals surface area contributed by atoms with E-state index < -0.39 is 0 Å². The van der Waals surface area contributed by atoms with Crippen molar-refractivity contribution in [2.24, 2.45) is 5.16 Å². The Balaban J connectivity index is 2.08. The van der Waals surface area contributed by atoms with Crippen LogP contribution in [0.5, 0.6) is 5.75 Å². The van der Waals surface area contributed by atoms with Gasteiger partial charge in [0, 0.05) is 5.56 Å². The van der Waals surface area contributed by atoms with Gasteiger partial charge in [0.05, 0.1) is 6.21 Å². The van der Waals surface area contributed by atoms with Crippen LogP contribution in [0.25, 0.3) is 0 Å². The topological polar surface area (TPSA) is 52.8 Å². The highest BCUT2D eigenvalue weighted by Crippen LogP contribution is 2.18. The molecule has 3 nitrogen and oxygen atoms in total. The third-order valence-corrected chi connectivity index (χ3v) is 4.11. The van der Waals surface area contributed by atoms with Crippen LogP contribution in [0.3, 0.4) is 0 Å². The molecule has 0 aliphatic rings. The molecule has 0 unspecified atom stereocenters. The highest BCUT2D eigenvalue weighted by Gasteiger charge is 2.01. The number of benzene rings is 1. The van der Waals surface area contributed by atoms with Gasteiger partial charge in [0.2, 0.25) is 0 Å². The van der Waals surface area contributed by atoms with Gasteiger partial charge >= 0.3 is 0 Å². The number of oxime groups is 1. The van der Waals surface area contributed by atoms with E-state index in [1.807, 2.05) is 12.1 Å². The molecular formula is C19H31NO2. The van der Waals surface area contributed by atoms with E-state index in [4.69, 9.17) is 5.21 Å². The van der Waals surface area contributed by atoms with Crippen LogP contribution in [-0.2, 0) is 6.42 Å². The Hall–Kier alpha value is -1.51. The summed E-state index contributed by atoms with van der Waals surface area (Å²) in [6, 6.07) is 5.50. The molecule has 0 amide bonds. The standard InChI is InChI=1S/C19H31NO2/c1-2-3-4-5-6-7-8-9-10-11-12-17-13-14-19(21)18(15-17)16-20-22/h13-16,21-22H,2-12H2,1H3. The van der Waals surface area contributed by atoms with E-state index in [9.17, 15) is 5.11 Å². The Bertz CT molecular complexity index is 429. The highest BCUT2D eigenvalue weighted by molar-refractivity contribution is 5.83. The molecule has 0 atom stereocenters. The molecule has 0 radical (unpaired) electrons. The van der Waals surface area contributed by atoms with Crippen molar-refractivity contribution in [2.75, 3.05) is 0 Å². The molecule has 3 heteroatoms. The summed E-state index contributed by atoms with van der Waals surface area (Å²) >= 11 is 0. The number of rotatable bonds is 12. The summed E-state index contributed by atoms with van der Waals surface area (Å²) in [6.45, 7) is 2.26. The Morgan fingerprint density at radius 2 is 1.50 bits per heavy atom. The maximum atomic E-state index is 9.61.